The van der Waals surface area contributed by atoms with Crippen LogP contribution in [0.5, 0.6) is 11.5 Å². The lowest BCUT2D eigenvalue weighted by molar-refractivity contribution is 0.272. The van der Waals surface area contributed by atoms with E-state index in [9.17, 15) is 0 Å². The number of hydrogen-bond donors (Lipinski definition) is 0. The highest BCUT2D eigenvalue weighted by atomic mass is 16.5. The molecule has 1 heterocycles. The van der Waals surface area contributed by atoms with E-state index in [4.69, 9.17) is 9.47 Å². The van der Waals surface area contributed by atoms with E-state index in [-0.39, 0.29) is 6.10 Å². The maximum atomic E-state index is 5.71. The fraction of sp³-hybridized carbons (Fsp3) is 0.333. The van der Waals surface area contributed by atoms with E-state index in [1.54, 1.807) is 7.11 Å². The molecule has 2 rings (SSSR count). The third kappa shape index (κ3) is 1.27. The van der Waals surface area contributed by atoms with Crippen molar-refractivity contribution in [1.29, 1.82) is 0 Å². The zero-order valence-electron chi connectivity index (χ0n) is 8.54. The van der Waals surface area contributed by atoms with Crippen LogP contribution in [0.3, 0.4) is 0 Å². The van der Waals surface area contributed by atoms with Gasteiger partial charge in [-0.05, 0) is 30.2 Å². The number of benzene rings is 1. The van der Waals surface area contributed by atoms with E-state index in [1.165, 1.54) is 0 Å². The molecule has 0 N–H and O–H groups in total. The minimum Gasteiger partial charge on any atom is -0.497 e. The van der Waals surface area contributed by atoms with E-state index >= 15 is 0 Å². The molecule has 0 amide bonds. The summed E-state index contributed by atoms with van der Waals surface area (Å²) >= 11 is 0. The first-order valence-corrected chi connectivity index (χ1v) is 4.80. The largest absolute Gasteiger partial charge is 0.497 e. The summed E-state index contributed by atoms with van der Waals surface area (Å²) in [4.78, 5) is 0. The minimum atomic E-state index is 0.136. The van der Waals surface area contributed by atoms with E-state index in [0.717, 1.165) is 29.1 Å². The molecule has 0 aromatic heterocycles. The Morgan fingerprint density at radius 2 is 2.29 bits per heavy atom. The van der Waals surface area contributed by atoms with Gasteiger partial charge < -0.3 is 9.47 Å². The third-order valence-corrected chi connectivity index (χ3v) is 2.56. The van der Waals surface area contributed by atoms with Gasteiger partial charge >= 0.3 is 0 Å². The molecule has 1 aliphatic rings. The van der Waals surface area contributed by atoms with Crippen LogP contribution in [0.25, 0.3) is 5.57 Å². The molecule has 14 heavy (non-hydrogen) atoms. The summed E-state index contributed by atoms with van der Waals surface area (Å²) in [5.74, 6) is 1.77. The first kappa shape index (κ1) is 9.13. The topological polar surface area (TPSA) is 18.5 Å². The average Bonchev–Trinajstić information content (AvgIpc) is 2.55. The molecule has 0 fully saturated rings. The predicted molar refractivity (Wildman–Crippen MR) is 56.7 cm³/mol. The molecule has 0 unspecified atom stereocenters. The summed E-state index contributed by atoms with van der Waals surface area (Å²) in [6.07, 6.45) is 1.09. The molecule has 0 saturated heterocycles. The molecule has 2 heteroatoms. The van der Waals surface area contributed by atoms with Crippen molar-refractivity contribution < 1.29 is 9.47 Å². The molecule has 0 saturated carbocycles. The molecule has 0 spiro atoms. The van der Waals surface area contributed by atoms with E-state index in [2.05, 4.69) is 13.5 Å². The normalized spacial score (nSPS) is 19.0. The van der Waals surface area contributed by atoms with Gasteiger partial charge in [0.2, 0.25) is 0 Å². The van der Waals surface area contributed by atoms with Gasteiger partial charge in [0.15, 0.2) is 0 Å². The Labute approximate surface area is 84.2 Å². The van der Waals surface area contributed by atoms with Crippen LogP contribution in [-0.4, -0.2) is 13.2 Å². The van der Waals surface area contributed by atoms with Crippen molar-refractivity contribution in [2.24, 2.45) is 0 Å². The average molecular weight is 190 g/mol. The van der Waals surface area contributed by atoms with Crippen LogP contribution in [0.4, 0.5) is 0 Å². The number of methoxy groups -OCH3 is 1. The van der Waals surface area contributed by atoms with Gasteiger partial charge in [0.1, 0.15) is 17.6 Å². The van der Waals surface area contributed by atoms with Gasteiger partial charge in [-0.15, -0.1) is 0 Å². The summed E-state index contributed by atoms with van der Waals surface area (Å²) < 4.78 is 10.9. The van der Waals surface area contributed by atoms with Crippen molar-refractivity contribution in [1.82, 2.24) is 0 Å². The van der Waals surface area contributed by atoms with Gasteiger partial charge in [-0.3, -0.25) is 0 Å². The molecule has 74 valence electrons. The second kappa shape index (κ2) is 3.37. The van der Waals surface area contributed by atoms with Crippen molar-refractivity contribution in [2.45, 2.75) is 19.4 Å². The van der Waals surface area contributed by atoms with Gasteiger partial charge in [0, 0.05) is 5.56 Å². The van der Waals surface area contributed by atoms with E-state index in [0.29, 0.717) is 0 Å². The molecule has 0 radical (unpaired) electrons. The number of ether oxygens (including phenoxy) is 2. The molecular weight excluding hydrogens is 176 g/mol. The van der Waals surface area contributed by atoms with Gasteiger partial charge in [-0.2, -0.15) is 0 Å². The van der Waals surface area contributed by atoms with Crippen LogP contribution in [0.15, 0.2) is 24.8 Å². The van der Waals surface area contributed by atoms with Gasteiger partial charge in [0.05, 0.1) is 7.11 Å². The van der Waals surface area contributed by atoms with Crippen molar-refractivity contribution in [3.8, 4) is 11.5 Å². The fourth-order valence-electron chi connectivity index (χ4n) is 1.72. The molecule has 1 aromatic rings. The van der Waals surface area contributed by atoms with E-state index in [1.807, 2.05) is 18.2 Å². The van der Waals surface area contributed by atoms with Crippen molar-refractivity contribution in [2.75, 3.05) is 7.11 Å². The smallest absolute Gasteiger partial charge is 0.128 e. The highest BCUT2D eigenvalue weighted by molar-refractivity contribution is 5.76. The Morgan fingerprint density at radius 1 is 1.50 bits per heavy atom. The Kier molecular flexibility index (Phi) is 2.20. The molecular formula is C12H14O2. The zero-order chi connectivity index (χ0) is 10.1. The number of rotatable bonds is 2. The lowest BCUT2D eigenvalue weighted by Gasteiger charge is -2.07. The second-order valence-electron chi connectivity index (χ2n) is 3.40. The first-order valence-electron chi connectivity index (χ1n) is 4.80. The Balaban J connectivity index is 2.40. The van der Waals surface area contributed by atoms with Crippen LogP contribution in [0, 0.1) is 0 Å². The van der Waals surface area contributed by atoms with Crippen LogP contribution < -0.4 is 9.47 Å². The molecule has 0 bridgehead atoms. The van der Waals surface area contributed by atoms with Crippen molar-refractivity contribution in [3.05, 3.63) is 30.3 Å². The maximum absolute atomic E-state index is 5.71. The molecule has 1 aliphatic heterocycles. The lowest BCUT2D eigenvalue weighted by atomic mass is 10.0. The highest BCUT2D eigenvalue weighted by Gasteiger charge is 2.25. The number of fused-ring (bicyclic) bond motifs is 1. The van der Waals surface area contributed by atoms with Crippen LogP contribution in [0.1, 0.15) is 18.9 Å². The predicted octanol–water partition coefficient (Wildman–Crippen LogP) is 2.88. The monoisotopic (exact) mass is 190 g/mol. The SMILES string of the molecule is C=C1c2cc(OC)ccc2O[C@@H]1CC. The second-order valence-corrected chi connectivity index (χ2v) is 3.40. The van der Waals surface area contributed by atoms with Crippen molar-refractivity contribution >= 4 is 5.57 Å². The minimum absolute atomic E-state index is 0.136. The number of hydrogen-bond acceptors (Lipinski definition) is 2. The molecule has 1 aromatic carbocycles. The standard InChI is InChI=1S/C12H14O2/c1-4-11-8(2)10-7-9(13-3)5-6-12(10)14-11/h5-7,11H,2,4H2,1,3H3/t11-/m1/s1. The Morgan fingerprint density at radius 3 is 2.93 bits per heavy atom. The first-order chi connectivity index (χ1) is 6.76. The third-order valence-electron chi connectivity index (χ3n) is 2.56. The summed E-state index contributed by atoms with van der Waals surface area (Å²) in [6.45, 7) is 6.14. The quantitative estimate of drug-likeness (QED) is 0.714. The maximum Gasteiger partial charge on any atom is 0.128 e. The van der Waals surface area contributed by atoms with Crippen LogP contribution >= 0.6 is 0 Å². The Hall–Kier alpha value is -1.44. The van der Waals surface area contributed by atoms with E-state index < -0.39 is 0 Å². The zero-order valence-corrected chi connectivity index (χ0v) is 8.54. The van der Waals surface area contributed by atoms with Gasteiger partial charge in [-0.25, -0.2) is 0 Å². The Bertz CT molecular complexity index is 369. The summed E-state index contributed by atoms with van der Waals surface area (Å²) in [6, 6.07) is 5.83. The van der Waals surface area contributed by atoms with Gasteiger partial charge in [0.25, 0.3) is 0 Å². The molecule has 1 atom stereocenters. The molecule has 2 nitrogen and oxygen atoms in total. The summed E-state index contributed by atoms with van der Waals surface area (Å²) in [5, 5.41) is 0. The fourth-order valence-corrected chi connectivity index (χ4v) is 1.72. The van der Waals surface area contributed by atoms with Crippen LogP contribution in [-0.2, 0) is 0 Å². The van der Waals surface area contributed by atoms with Gasteiger partial charge in [-0.1, -0.05) is 13.5 Å². The highest BCUT2D eigenvalue weighted by Crippen LogP contribution is 2.39. The van der Waals surface area contributed by atoms with Crippen molar-refractivity contribution in [3.63, 3.8) is 0 Å². The lowest BCUT2D eigenvalue weighted by Crippen LogP contribution is -2.08. The molecule has 0 aliphatic carbocycles. The van der Waals surface area contributed by atoms with Crippen LogP contribution in [0.2, 0.25) is 0 Å². The summed E-state index contributed by atoms with van der Waals surface area (Å²) in [7, 11) is 1.66. The summed E-state index contributed by atoms with van der Waals surface area (Å²) in [5.41, 5.74) is 2.14.